The van der Waals surface area contributed by atoms with Crippen molar-refractivity contribution in [3.05, 3.63) is 23.8 Å². The standard InChI is InChI=1S/C18H27N3O4/c1-19(2)18(23)21-11-9-20(10-12-21)17(22)8-6-14-5-7-15(24-3)16(13-14)25-4/h5,7,13H,6,8-12H2,1-4H3. The molecule has 0 aromatic heterocycles. The Morgan fingerprint density at radius 2 is 1.60 bits per heavy atom. The van der Waals surface area contributed by atoms with Crippen molar-refractivity contribution in [2.45, 2.75) is 12.8 Å². The molecule has 1 fully saturated rings. The van der Waals surface area contributed by atoms with Crippen molar-refractivity contribution in [2.24, 2.45) is 0 Å². The van der Waals surface area contributed by atoms with Crippen LogP contribution in [0, 0.1) is 0 Å². The van der Waals surface area contributed by atoms with E-state index in [-0.39, 0.29) is 11.9 Å². The molecule has 1 aromatic carbocycles. The molecule has 0 saturated carbocycles. The number of methoxy groups -OCH3 is 2. The number of piperazine rings is 1. The van der Waals surface area contributed by atoms with Crippen molar-refractivity contribution in [1.29, 1.82) is 0 Å². The molecule has 0 unspecified atom stereocenters. The summed E-state index contributed by atoms with van der Waals surface area (Å²) in [5.41, 5.74) is 1.03. The molecule has 0 atom stereocenters. The largest absolute Gasteiger partial charge is 0.493 e. The van der Waals surface area contributed by atoms with Gasteiger partial charge in [-0.2, -0.15) is 0 Å². The number of hydrogen-bond donors (Lipinski definition) is 0. The normalized spacial score (nSPS) is 14.2. The molecule has 0 radical (unpaired) electrons. The lowest BCUT2D eigenvalue weighted by molar-refractivity contribution is -0.132. The first-order chi connectivity index (χ1) is 12.0. The second kappa shape index (κ2) is 8.60. The SMILES string of the molecule is COc1ccc(CCC(=O)N2CCN(C(=O)N(C)C)CC2)cc1OC. The zero-order valence-electron chi connectivity index (χ0n) is 15.4. The molecule has 1 saturated heterocycles. The Morgan fingerprint density at radius 3 is 2.16 bits per heavy atom. The molecule has 1 aliphatic heterocycles. The molecular formula is C18H27N3O4. The van der Waals surface area contributed by atoms with Crippen LogP contribution in [-0.4, -0.2) is 81.1 Å². The lowest BCUT2D eigenvalue weighted by Crippen LogP contribution is -2.52. The molecule has 7 nitrogen and oxygen atoms in total. The van der Waals surface area contributed by atoms with Crippen LogP contribution in [0.15, 0.2) is 18.2 Å². The lowest BCUT2D eigenvalue weighted by atomic mass is 10.1. The average molecular weight is 349 g/mol. The van der Waals surface area contributed by atoms with Crippen molar-refractivity contribution in [3.63, 3.8) is 0 Å². The van der Waals surface area contributed by atoms with Gasteiger partial charge < -0.3 is 24.2 Å². The fraction of sp³-hybridized carbons (Fsp3) is 0.556. The van der Waals surface area contributed by atoms with Gasteiger partial charge in [0, 0.05) is 46.7 Å². The minimum Gasteiger partial charge on any atom is -0.493 e. The highest BCUT2D eigenvalue weighted by Gasteiger charge is 2.24. The van der Waals surface area contributed by atoms with E-state index in [0.717, 1.165) is 5.56 Å². The first-order valence-corrected chi connectivity index (χ1v) is 8.41. The summed E-state index contributed by atoms with van der Waals surface area (Å²) < 4.78 is 10.5. The molecule has 138 valence electrons. The Kier molecular flexibility index (Phi) is 6.50. The first kappa shape index (κ1) is 18.9. The van der Waals surface area contributed by atoms with Gasteiger partial charge in [-0.1, -0.05) is 6.07 Å². The molecular weight excluding hydrogens is 322 g/mol. The summed E-state index contributed by atoms with van der Waals surface area (Å²) in [6.45, 7) is 2.34. The minimum absolute atomic E-state index is 0.00238. The zero-order valence-corrected chi connectivity index (χ0v) is 15.4. The number of aryl methyl sites for hydroxylation is 1. The van der Waals surface area contributed by atoms with Gasteiger partial charge in [-0.3, -0.25) is 4.79 Å². The highest BCUT2D eigenvalue weighted by Crippen LogP contribution is 2.28. The van der Waals surface area contributed by atoms with E-state index in [2.05, 4.69) is 0 Å². The van der Waals surface area contributed by atoms with Gasteiger partial charge in [0.2, 0.25) is 5.91 Å². The lowest BCUT2D eigenvalue weighted by Gasteiger charge is -2.36. The second-order valence-electron chi connectivity index (χ2n) is 6.23. The van der Waals surface area contributed by atoms with Gasteiger partial charge in [-0.05, 0) is 24.1 Å². The molecule has 3 amide bonds. The molecule has 0 spiro atoms. The molecule has 0 N–H and O–H groups in total. The van der Waals surface area contributed by atoms with Gasteiger partial charge in [0.1, 0.15) is 0 Å². The summed E-state index contributed by atoms with van der Waals surface area (Å²) in [5.74, 6) is 1.47. The topological polar surface area (TPSA) is 62.3 Å². The Labute approximate surface area is 149 Å². The van der Waals surface area contributed by atoms with Crippen molar-refractivity contribution < 1.29 is 19.1 Å². The van der Waals surface area contributed by atoms with Gasteiger partial charge in [-0.25, -0.2) is 4.79 Å². The van der Waals surface area contributed by atoms with Crippen LogP contribution >= 0.6 is 0 Å². The summed E-state index contributed by atoms with van der Waals surface area (Å²) in [6, 6.07) is 5.70. The number of carbonyl (C=O) groups excluding carboxylic acids is 2. The number of benzene rings is 1. The Morgan fingerprint density at radius 1 is 1.00 bits per heavy atom. The Balaban J connectivity index is 1.84. The van der Waals surface area contributed by atoms with E-state index in [1.807, 2.05) is 23.1 Å². The zero-order chi connectivity index (χ0) is 18.4. The molecule has 1 heterocycles. The van der Waals surface area contributed by atoms with Crippen molar-refractivity contribution in [2.75, 3.05) is 54.5 Å². The number of rotatable bonds is 5. The van der Waals surface area contributed by atoms with Crippen LogP contribution in [-0.2, 0) is 11.2 Å². The third kappa shape index (κ3) is 4.78. The maximum Gasteiger partial charge on any atom is 0.319 e. The summed E-state index contributed by atoms with van der Waals surface area (Å²) in [4.78, 5) is 29.5. The third-order valence-electron chi connectivity index (χ3n) is 4.36. The maximum absolute atomic E-state index is 12.4. The van der Waals surface area contributed by atoms with E-state index in [0.29, 0.717) is 50.5 Å². The van der Waals surface area contributed by atoms with Crippen LogP contribution < -0.4 is 9.47 Å². The number of nitrogens with zero attached hydrogens (tertiary/aromatic N) is 3. The van der Waals surface area contributed by atoms with Crippen LogP contribution in [0.25, 0.3) is 0 Å². The van der Waals surface area contributed by atoms with Gasteiger partial charge in [0.25, 0.3) is 0 Å². The quantitative estimate of drug-likeness (QED) is 0.807. The van der Waals surface area contributed by atoms with Crippen LogP contribution in [0.1, 0.15) is 12.0 Å². The van der Waals surface area contributed by atoms with E-state index in [9.17, 15) is 9.59 Å². The molecule has 1 aliphatic rings. The van der Waals surface area contributed by atoms with Crippen LogP contribution in [0.3, 0.4) is 0 Å². The van der Waals surface area contributed by atoms with E-state index >= 15 is 0 Å². The summed E-state index contributed by atoms with van der Waals surface area (Å²) >= 11 is 0. The Hall–Kier alpha value is -2.44. The fourth-order valence-corrected chi connectivity index (χ4v) is 2.88. The number of amides is 3. The van der Waals surface area contributed by atoms with Crippen molar-refractivity contribution in [1.82, 2.24) is 14.7 Å². The van der Waals surface area contributed by atoms with Crippen molar-refractivity contribution in [3.8, 4) is 11.5 Å². The Bertz CT molecular complexity index is 610. The maximum atomic E-state index is 12.4. The molecule has 2 rings (SSSR count). The average Bonchev–Trinajstić information content (AvgIpc) is 2.65. The van der Waals surface area contributed by atoms with E-state index in [1.165, 1.54) is 0 Å². The number of carbonyl (C=O) groups is 2. The highest BCUT2D eigenvalue weighted by molar-refractivity contribution is 5.77. The number of ether oxygens (including phenoxy) is 2. The fourth-order valence-electron chi connectivity index (χ4n) is 2.88. The van der Waals surface area contributed by atoms with Gasteiger partial charge in [-0.15, -0.1) is 0 Å². The van der Waals surface area contributed by atoms with E-state index in [4.69, 9.17) is 9.47 Å². The predicted octanol–water partition coefficient (Wildman–Crippen LogP) is 1.46. The molecule has 25 heavy (non-hydrogen) atoms. The van der Waals surface area contributed by atoms with E-state index < -0.39 is 0 Å². The summed E-state index contributed by atoms with van der Waals surface area (Å²) in [7, 11) is 6.68. The van der Waals surface area contributed by atoms with Crippen molar-refractivity contribution >= 4 is 11.9 Å². The number of urea groups is 1. The third-order valence-corrected chi connectivity index (χ3v) is 4.36. The number of hydrogen-bond acceptors (Lipinski definition) is 4. The van der Waals surface area contributed by atoms with Gasteiger partial charge in [0.15, 0.2) is 11.5 Å². The monoisotopic (exact) mass is 349 g/mol. The minimum atomic E-state index is -0.00238. The van der Waals surface area contributed by atoms with E-state index in [1.54, 1.807) is 38.1 Å². The molecule has 7 heteroatoms. The van der Waals surface area contributed by atoms with Gasteiger partial charge in [0.05, 0.1) is 14.2 Å². The smallest absolute Gasteiger partial charge is 0.319 e. The summed E-state index contributed by atoms with van der Waals surface area (Å²) in [5, 5.41) is 0. The summed E-state index contributed by atoms with van der Waals surface area (Å²) in [6.07, 6.45) is 1.09. The van der Waals surface area contributed by atoms with Gasteiger partial charge >= 0.3 is 6.03 Å². The van der Waals surface area contributed by atoms with Crippen LogP contribution in [0.4, 0.5) is 4.79 Å². The highest BCUT2D eigenvalue weighted by atomic mass is 16.5. The predicted molar refractivity (Wildman–Crippen MR) is 95.1 cm³/mol. The van der Waals surface area contributed by atoms with Crippen LogP contribution in [0.5, 0.6) is 11.5 Å². The molecule has 1 aromatic rings. The molecule has 0 aliphatic carbocycles. The second-order valence-corrected chi connectivity index (χ2v) is 6.23. The van der Waals surface area contributed by atoms with Crippen LogP contribution in [0.2, 0.25) is 0 Å². The first-order valence-electron chi connectivity index (χ1n) is 8.41. The molecule has 0 bridgehead atoms.